The summed E-state index contributed by atoms with van der Waals surface area (Å²) < 4.78 is 19.8. The van der Waals surface area contributed by atoms with Crippen LogP contribution in [0.5, 0.6) is 5.75 Å². The summed E-state index contributed by atoms with van der Waals surface area (Å²) >= 11 is 5.85. The van der Waals surface area contributed by atoms with E-state index >= 15 is 0 Å². The second-order valence-corrected chi connectivity index (χ2v) is 6.24. The Bertz CT molecular complexity index is 911. The number of methoxy groups -OCH3 is 1. The number of aromatic amines is 1. The Balaban J connectivity index is 1.86. The molecule has 3 rings (SSSR count). The zero-order valence-electron chi connectivity index (χ0n) is 14.0. The number of halogens is 2. The highest BCUT2D eigenvalue weighted by Crippen LogP contribution is 2.31. The zero-order chi connectivity index (χ0) is 18.7. The normalized spacial score (nSPS) is 12.0. The van der Waals surface area contributed by atoms with Gasteiger partial charge in [0.1, 0.15) is 11.6 Å². The van der Waals surface area contributed by atoms with Gasteiger partial charge in [0.2, 0.25) is 0 Å². The summed E-state index contributed by atoms with van der Waals surface area (Å²) in [5.41, 5.74) is 8.05. The molecule has 2 aromatic carbocycles. The Hall–Kier alpha value is -2.70. The van der Waals surface area contributed by atoms with Crippen molar-refractivity contribution in [2.75, 3.05) is 7.11 Å². The largest absolute Gasteiger partial charge is 0.496 e. The topological polar surface area (TPSA) is 81.0 Å². The molecule has 0 aliphatic rings. The fourth-order valence-electron chi connectivity index (χ4n) is 2.70. The molecule has 0 bridgehead atoms. The molecular formula is C19H17ClFN3O2. The molecule has 1 heterocycles. The fraction of sp³-hybridized carbons (Fsp3) is 0.158. The molecular weight excluding hydrogens is 357 g/mol. The van der Waals surface area contributed by atoms with Crippen molar-refractivity contribution in [3.8, 4) is 16.9 Å². The minimum atomic E-state index is -0.825. The van der Waals surface area contributed by atoms with Crippen LogP contribution in [0, 0.1) is 5.82 Å². The van der Waals surface area contributed by atoms with Gasteiger partial charge in [-0.25, -0.2) is 4.39 Å². The van der Waals surface area contributed by atoms with Crippen LogP contribution in [0.4, 0.5) is 4.39 Å². The summed E-state index contributed by atoms with van der Waals surface area (Å²) in [6.45, 7) is 0. The van der Waals surface area contributed by atoms with Crippen LogP contribution in [0.1, 0.15) is 17.2 Å². The first kappa shape index (κ1) is 18.1. The molecule has 3 aromatic rings. The smallest absolute Gasteiger partial charge is 0.158 e. The van der Waals surface area contributed by atoms with Crippen LogP contribution >= 0.6 is 11.6 Å². The lowest BCUT2D eigenvalue weighted by Gasteiger charge is -2.14. The van der Waals surface area contributed by atoms with E-state index in [0.29, 0.717) is 33.0 Å². The van der Waals surface area contributed by atoms with E-state index in [2.05, 4.69) is 10.2 Å². The predicted octanol–water partition coefficient (Wildman–Crippen LogP) is 3.69. The summed E-state index contributed by atoms with van der Waals surface area (Å²) in [6, 6.07) is 8.77. The molecule has 0 amide bonds. The molecule has 0 aliphatic carbocycles. The minimum Gasteiger partial charge on any atom is -0.496 e. The second kappa shape index (κ2) is 7.68. The first-order chi connectivity index (χ1) is 12.5. The average Bonchev–Trinajstić information content (AvgIpc) is 3.16. The number of H-pyrrole nitrogens is 1. The molecule has 0 fully saturated rings. The van der Waals surface area contributed by atoms with Crippen molar-refractivity contribution in [1.29, 1.82) is 0 Å². The van der Waals surface area contributed by atoms with Gasteiger partial charge in [0, 0.05) is 34.3 Å². The van der Waals surface area contributed by atoms with Crippen LogP contribution in [0.25, 0.3) is 11.1 Å². The van der Waals surface area contributed by atoms with Gasteiger partial charge in [0.05, 0.1) is 19.3 Å². The highest BCUT2D eigenvalue weighted by Gasteiger charge is 2.20. The van der Waals surface area contributed by atoms with E-state index < -0.39 is 11.9 Å². The van der Waals surface area contributed by atoms with Crippen molar-refractivity contribution in [2.45, 2.75) is 12.5 Å². The minimum absolute atomic E-state index is 0.0461. The number of hydrogen-bond donors (Lipinski definition) is 2. The summed E-state index contributed by atoms with van der Waals surface area (Å²) in [7, 11) is 1.47. The van der Waals surface area contributed by atoms with Crippen molar-refractivity contribution in [3.05, 3.63) is 70.8 Å². The summed E-state index contributed by atoms with van der Waals surface area (Å²) in [4.78, 5) is 12.5. The maximum absolute atomic E-state index is 14.5. The number of aromatic nitrogens is 2. The Morgan fingerprint density at radius 2 is 2.08 bits per heavy atom. The molecule has 0 saturated carbocycles. The van der Waals surface area contributed by atoms with E-state index in [1.807, 2.05) is 0 Å². The quantitative estimate of drug-likeness (QED) is 0.690. The number of Topliss-reactive ketones (excluding diaryl/α,β-unsaturated/α-hetero) is 1. The second-order valence-electron chi connectivity index (χ2n) is 5.80. The van der Waals surface area contributed by atoms with Crippen molar-refractivity contribution in [1.82, 2.24) is 10.2 Å². The van der Waals surface area contributed by atoms with E-state index in [1.54, 1.807) is 36.5 Å². The lowest BCUT2D eigenvalue weighted by Crippen LogP contribution is -2.23. The first-order valence-electron chi connectivity index (χ1n) is 7.89. The van der Waals surface area contributed by atoms with Crippen LogP contribution in [0.3, 0.4) is 0 Å². The number of ketones is 1. The van der Waals surface area contributed by atoms with E-state index in [4.69, 9.17) is 22.1 Å². The molecule has 1 atom stereocenters. The standard InChI is InChI=1S/C19H17ClFN3O2/c1-26-18-8-15(13-9-23-24-10-13)16(21)6-12(18)7-17(25)19(22)11-2-4-14(20)5-3-11/h2-6,8-10,19H,7,22H2,1H3,(H,23,24). The van der Waals surface area contributed by atoms with E-state index in [-0.39, 0.29) is 12.2 Å². The molecule has 26 heavy (non-hydrogen) atoms. The molecule has 5 nitrogen and oxygen atoms in total. The number of nitrogens with one attached hydrogen (secondary N) is 1. The molecule has 0 aliphatic heterocycles. The van der Waals surface area contributed by atoms with E-state index in [1.165, 1.54) is 19.4 Å². The Kier molecular flexibility index (Phi) is 5.35. The molecule has 0 spiro atoms. The molecule has 0 radical (unpaired) electrons. The van der Waals surface area contributed by atoms with E-state index in [9.17, 15) is 9.18 Å². The first-order valence-corrected chi connectivity index (χ1v) is 8.26. The van der Waals surface area contributed by atoms with Gasteiger partial charge >= 0.3 is 0 Å². The van der Waals surface area contributed by atoms with Crippen LogP contribution in [-0.2, 0) is 11.2 Å². The van der Waals surface area contributed by atoms with Crippen molar-refractivity contribution in [2.24, 2.45) is 5.73 Å². The number of nitrogens with two attached hydrogens (primary N) is 1. The zero-order valence-corrected chi connectivity index (χ0v) is 14.8. The molecule has 1 unspecified atom stereocenters. The number of carbonyl (C=O) groups excluding carboxylic acids is 1. The lowest BCUT2D eigenvalue weighted by molar-refractivity contribution is -0.119. The van der Waals surface area contributed by atoms with Crippen molar-refractivity contribution < 1.29 is 13.9 Å². The molecule has 3 N–H and O–H groups in total. The van der Waals surface area contributed by atoms with Gasteiger partial charge in [0.15, 0.2) is 5.78 Å². The van der Waals surface area contributed by atoms with Gasteiger partial charge in [-0.15, -0.1) is 0 Å². The number of ether oxygens (including phenoxy) is 1. The predicted molar refractivity (Wildman–Crippen MR) is 97.6 cm³/mol. The summed E-state index contributed by atoms with van der Waals surface area (Å²) in [5, 5.41) is 7.02. The molecule has 7 heteroatoms. The summed E-state index contributed by atoms with van der Waals surface area (Å²) in [5.74, 6) is -0.296. The maximum Gasteiger partial charge on any atom is 0.158 e. The van der Waals surface area contributed by atoms with Crippen LogP contribution in [-0.4, -0.2) is 23.1 Å². The van der Waals surface area contributed by atoms with E-state index in [0.717, 1.165) is 0 Å². The third-order valence-corrected chi connectivity index (χ3v) is 4.37. The maximum atomic E-state index is 14.5. The van der Waals surface area contributed by atoms with Crippen LogP contribution in [0.15, 0.2) is 48.8 Å². The van der Waals surface area contributed by atoms with Crippen molar-refractivity contribution >= 4 is 17.4 Å². The lowest BCUT2D eigenvalue weighted by atomic mass is 9.96. The Morgan fingerprint density at radius 3 is 2.69 bits per heavy atom. The van der Waals surface area contributed by atoms with Gasteiger partial charge in [-0.3, -0.25) is 9.89 Å². The van der Waals surface area contributed by atoms with Gasteiger partial charge in [-0.2, -0.15) is 5.10 Å². The SMILES string of the molecule is COc1cc(-c2cn[nH]c2)c(F)cc1CC(=O)C(N)c1ccc(Cl)cc1. The third kappa shape index (κ3) is 3.76. The molecule has 0 saturated heterocycles. The number of rotatable bonds is 6. The van der Waals surface area contributed by atoms with Gasteiger partial charge in [0.25, 0.3) is 0 Å². The summed E-state index contributed by atoms with van der Waals surface area (Å²) in [6.07, 6.45) is 3.05. The fourth-order valence-corrected chi connectivity index (χ4v) is 2.82. The van der Waals surface area contributed by atoms with Gasteiger partial charge in [-0.05, 0) is 29.8 Å². The van der Waals surface area contributed by atoms with Crippen molar-refractivity contribution in [3.63, 3.8) is 0 Å². The average molecular weight is 374 g/mol. The van der Waals surface area contributed by atoms with Crippen LogP contribution in [0.2, 0.25) is 5.02 Å². The Morgan fingerprint density at radius 1 is 1.35 bits per heavy atom. The number of benzene rings is 2. The third-order valence-electron chi connectivity index (χ3n) is 4.12. The monoisotopic (exact) mass is 373 g/mol. The highest BCUT2D eigenvalue weighted by molar-refractivity contribution is 6.30. The molecule has 1 aromatic heterocycles. The molecule has 134 valence electrons. The van der Waals surface area contributed by atoms with Gasteiger partial charge < -0.3 is 10.5 Å². The van der Waals surface area contributed by atoms with Crippen LogP contribution < -0.4 is 10.5 Å². The number of carbonyl (C=O) groups is 1. The number of nitrogens with zero attached hydrogens (tertiary/aromatic N) is 1. The Labute approximate surface area is 154 Å². The van der Waals surface area contributed by atoms with Gasteiger partial charge in [-0.1, -0.05) is 23.7 Å². The number of hydrogen-bond acceptors (Lipinski definition) is 4. The highest BCUT2D eigenvalue weighted by atomic mass is 35.5.